The maximum absolute atomic E-state index is 10.9. The standard InChI is InChI=1S/C11H26N2O6S2.K/c1-19-10-9-13(7-3-4-11-21(16,17)18)8-5-6-12-20(2,14)15;/h12H,3-11H2,1-2H3,(H,16,17,18);/q;+1/p-1. The normalized spacial score (nSPS) is 12.4. The van der Waals surface area contributed by atoms with Crippen molar-refractivity contribution in [3.8, 4) is 0 Å². The summed E-state index contributed by atoms with van der Waals surface area (Å²) in [5, 5.41) is 0. The van der Waals surface area contributed by atoms with Crippen molar-refractivity contribution in [1.29, 1.82) is 0 Å². The molecule has 128 valence electrons. The monoisotopic (exact) mass is 384 g/mol. The summed E-state index contributed by atoms with van der Waals surface area (Å²) in [6.07, 6.45) is 2.69. The smallest absolute Gasteiger partial charge is 0.748 e. The summed E-state index contributed by atoms with van der Waals surface area (Å²) >= 11 is 0. The fraction of sp³-hybridized carbons (Fsp3) is 1.00. The second kappa shape index (κ2) is 13.6. The zero-order chi connectivity index (χ0) is 16.4. The van der Waals surface area contributed by atoms with Gasteiger partial charge in [0, 0.05) is 26.0 Å². The quantitative estimate of drug-likeness (QED) is 0.197. The molecule has 0 aliphatic rings. The van der Waals surface area contributed by atoms with E-state index in [1.807, 2.05) is 0 Å². The molecule has 0 saturated carbocycles. The first kappa shape index (κ1) is 25.6. The van der Waals surface area contributed by atoms with E-state index < -0.39 is 20.1 Å². The fourth-order valence-electron chi connectivity index (χ4n) is 1.73. The van der Waals surface area contributed by atoms with Crippen LogP contribution in [0.2, 0.25) is 0 Å². The molecule has 0 aromatic heterocycles. The van der Waals surface area contributed by atoms with Gasteiger partial charge in [-0.3, -0.25) is 0 Å². The summed E-state index contributed by atoms with van der Waals surface area (Å²) in [5.74, 6) is -0.346. The number of nitrogens with one attached hydrogen (secondary N) is 1. The number of rotatable bonds is 13. The van der Waals surface area contributed by atoms with Crippen molar-refractivity contribution >= 4 is 20.1 Å². The van der Waals surface area contributed by atoms with E-state index in [1.54, 1.807) is 7.11 Å². The average Bonchev–Trinajstić information content (AvgIpc) is 2.33. The van der Waals surface area contributed by atoms with Crippen LogP contribution in [0.25, 0.3) is 0 Å². The Morgan fingerprint density at radius 2 is 1.64 bits per heavy atom. The van der Waals surface area contributed by atoms with Gasteiger partial charge in [0.2, 0.25) is 10.0 Å². The van der Waals surface area contributed by atoms with Crippen molar-refractivity contribution in [2.75, 3.05) is 51.9 Å². The molecule has 0 radical (unpaired) electrons. The molecule has 0 amide bonds. The van der Waals surface area contributed by atoms with Crippen molar-refractivity contribution in [2.45, 2.75) is 19.3 Å². The van der Waals surface area contributed by atoms with Gasteiger partial charge in [-0.05, 0) is 32.4 Å². The summed E-state index contributed by atoms with van der Waals surface area (Å²) in [4.78, 5) is 2.06. The third-order valence-electron chi connectivity index (χ3n) is 2.75. The summed E-state index contributed by atoms with van der Waals surface area (Å²) in [7, 11) is -5.73. The first-order chi connectivity index (χ1) is 9.64. The van der Waals surface area contributed by atoms with Crippen LogP contribution in [0.5, 0.6) is 0 Å². The van der Waals surface area contributed by atoms with Crippen molar-refractivity contribution < 1.29 is 77.5 Å². The minimum atomic E-state index is -4.15. The van der Waals surface area contributed by atoms with E-state index >= 15 is 0 Å². The maximum atomic E-state index is 10.9. The molecule has 1 N–H and O–H groups in total. The Bertz CT molecular complexity index is 429. The summed E-state index contributed by atoms with van der Waals surface area (Å²) < 4.78 is 60.7. The molecular weight excluding hydrogens is 359 g/mol. The number of unbranched alkanes of at least 4 members (excludes halogenated alkanes) is 1. The Morgan fingerprint density at radius 1 is 1.05 bits per heavy atom. The zero-order valence-corrected chi connectivity index (χ0v) is 18.3. The number of hydrogen-bond donors (Lipinski definition) is 1. The van der Waals surface area contributed by atoms with Crippen LogP contribution in [0.15, 0.2) is 0 Å². The van der Waals surface area contributed by atoms with Gasteiger partial charge in [-0.15, -0.1) is 0 Å². The molecule has 22 heavy (non-hydrogen) atoms. The van der Waals surface area contributed by atoms with Crippen LogP contribution >= 0.6 is 0 Å². The molecule has 11 heteroatoms. The fourth-order valence-corrected chi connectivity index (χ4v) is 2.80. The van der Waals surface area contributed by atoms with Gasteiger partial charge in [-0.2, -0.15) is 0 Å². The van der Waals surface area contributed by atoms with Gasteiger partial charge >= 0.3 is 51.4 Å². The molecule has 0 saturated heterocycles. The first-order valence-corrected chi connectivity index (χ1v) is 10.2. The molecule has 0 bridgehead atoms. The van der Waals surface area contributed by atoms with Crippen LogP contribution in [0, 0.1) is 0 Å². The molecule has 0 aromatic rings. The molecule has 0 atom stereocenters. The van der Waals surface area contributed by atoms with Crippen LogP contribution in [0.1, 0.15) is 19.3 Å². The van der Waals surface area contributed by atoms with Crippen LogP contribution in [0.3, 0.4) is 0 Å². The van der Waals surface area contributed by atoms with E-state index in [4.69, 9.17) is 4.74 Å². The predicted molar refractivity (Wildman–Crippen MR) is 79.6 cm³/mol. The van der Waals surface area contributed by atoms with Crippen LogP contribution in [0.4, 0.5) is 0 Å². The van der Waals surface area contributed by atoms with Crippen LogP contribution in [-0.2, 0) is 24.9 Å². The van der Waals surface area contributed by atoms with Gasteiger partial charge in [-0.1, -0.05) is 0 Å². The topological polar surface area (TPSA) is 116 Å². The van der Waals surface area contributed by atoms with Gasteiger partial charge in [0.05, 0.1) is 23.0 Å². The Hall–Kier alpha value is 1.38. The van der Waals surface area contributed by atoms with E-state index in [9.17, 15) is 21.4 Å². The van der Waals surface area contributed by atoms with E-state index in [-0.39, 0.29) is 57.1 Å². The predicted octanol–water partition coefficient (Wildman–Crippen LogP) is -3.80. The van der Waals surface area contributed by atoms with Crippen LogP contribution in [-0.4, -0.2) is 78.2 Å². The molecule has 0 fully saturated rings. The molecule has 0 unspecified atom stereocenters. The van der Waals surface area contributed by atoms with Gasteiger partial charge in [-0.25, -0.2) is 21.6 Å². The van der Waals surface area contributed by atoms with E-state index in [0.29, 0.717) is 52.0 Å². The number of ether oxygens (including phenoxy) is 1. The molecule has 0 aromatic carbocycles. The van der Waals surface area contributed by atoms with Gasteiger partial charge < -0.3 is 14.2 Å². The summed E-state index contributed by atoms with van der Waals surface area (Å²) in [6.45, 7) is 2.91. The Labute approximate surface area is 176 Å². The van der Waals surface area contributed by atoms with Crippen molar-refractivity contribution in [1.82, 2.24) is 9.62 Å². The maximum Gasteiger partial charge on any atom is 1.00 e. The van der Waals surface area contributed by atoms with E-state index in [0.717, 1.165) is 6.26 Å². The number of sulfonamides is 1. The zero-order valence-electron chi connectivity index (χ0n) is 13.6. The van der Waals surface area contributed by atoms with Crippen molar-refractivity contribution in [2.24, 2.45) is 0 Å². The molecule has 0 aliphatic heterocycles. The van der Waals surface area contributed by atoms with Gasteiger partial charge in [0.25, 0.3) is 0 Å². The minimum Gasteiger partial charge on any atom is -0.748 e. The van der Waals surface area contributed by atoms with Crippen molar-refractivity contribution in [3.05, 3.63) is 0 Å². The molecule has 8 nitrogen and oxygen atoms in total. The molecule has 0 rings (SSSR count). The van der Waals surface area contributed by atoms with E-state index in [2.05, 4.69) is 9.62 Å². The number of methoxy groups -OCH3 is 1. The van der Waals surface area contributed by atoms with Gasteiger partial charge in [0.15, 0.2) is 0 Å². The molecule has 0 heterocycles. The SMILES string of the molecule is COCCN(CCCCS(=O)(=O)[O-])CCCNS(C)(=O)=O.[K+]. The summed E-state index contributed by atoms with van der Waals surface area (Å²) in [6, 6.07) is 0. The number of nitrogens with zero attached hydrogens (tertiary/aromatic N) is 1. The largest absolute Gasteiger partial charge is 1.00 e. The summed E-state index contributed by atoms with van der Waals surface area (Å²) in [5.41, 5.74) is 0. The second-order valence-electron chi connectivity index (χ2n) is 4.82. The Kier molecular flexibility index (Phi) is 15.9. The van der Waals surface area contributed by atoms with Gasteiger partial charge in [0.1, 0.15) is 0 Å². The average molecular weight is 385 g/mol. The first-order valence-electron chi connectivity index (χ1n) is 6.73. The third-order valence-corrected chi connectivity index (χ3v) is 4.26. The van der Waals surface area contributed by atoms with E-state index in [1.165, 1.54) is 0 Å². The Morgan fingerprint density at radius 3 is 2.14 bits per heavy atom. The van der Waals surface area contributed by atoms with Crippen LogP contribution < -0.4 is 56.1 Å². The molecule has 0 aliphatic carbocycles. The molecular formula is C11H25KN2O6S2. The third kappa shape index (κ3) is 19.4. The Balaban J connectivity index is 0. The minimum absolute atomic E-state index is 0. The van der Waals surface area contributed by atoms with Crippen molar-refractivity contribution in [3.63, 3.8) is 0 Å². The number of hydrogen-bond acceptors (Lipinski definition) is 7. The molecule has 0 spiro atoms. The second-order valence-corrected chi connectivity index (χ2v) is 8.18.